The number of carboxylic acid groups (broad SMARTS) is 1. The van der Waals surface area contributed by atoms with Crippen molar-refractivity contribution in [1.29, 1.82) is 0 Å². The molecule has 0 aliphatic carbocycles. The number of rotatable bonds is 1. The summed E-state index contributed by atoms with van der Waals surface area (Å²) < 4.78 is 4.10. The van der Waals surface area contributed by atoms with Crippen LogP contribution >= 0.6 is 0 Å². The minimum absolute atomic E-state index is 0.733. The molecule has 0 aromatic rings. The van der Waals surface area contributed by atoms with Crippen molar-refractivity contribution in [2.24, 2.45) is 0 Å². The quantitative estimate of drug-likeness (QED) is 0.471. The summed E-state index contributed by atoms with van der Waals surface area (Å²) in [5.74, 6) is 0. The van der Waals surface area contributed by atoms with E-state index in [1.807, 2.05) is 0 Å². The van der Waals surface area contributed by atoms with Crippen LogP contribution in [0.5, 0.6) is 0 Å². The lowest BCUT2D eigenvalue weighted by Crippen LogP contribution is -2.00. The second kappa shape index (κ2) is 2.71. The van der Waals surface area contributed by atoms with Gasteiger partial charge in [0.2, 0.25) is 9.76 Å². The third-order valence-electron chi connectivity index (χ3n) is 0.268. The van der Waals surface area contributed by atoms with Gasteiger partial charge in [-0.2, -0.15) is 0 Å². The lowest BCUT2D eigenvalue weighted by atomic mass is 11.5. The molecule has 0 fully saturated rings. The predicted octanol–water partition coefficient (Wildman–Crippen LogP) is -0.187. The first kappa shape index (κ1) is 5.49. The summed E-state index contributed by atoms with van der Waals surface area (Å²) in [4.78, 5) is 9.41. The van der Waals surface area contributed by atoms with Crippen molar-refractivity contribution in [2.75, 3.05) is 0 Å². The van der Waals surface area contributed by atoms with Crippen LogP contribution in [-0.2, 0) is 4.43 Å². The van der Waals surface area contributed by atoms with E-state index >= 15 is 0 Å². The molecule has 36 valence electrons. The molecule has 0 aliphatic heterocycles. The number of hydrogen-bond acceptors (Lipinski definition) is 2. The average molecular weight is 106 g/mol. The monoisotopic (exact) mass is 106 g/mol. The van der Waals surface area contributed by atoms with Crippen LogP contribution in [0.1, 0.15) is 0 Å². The van der Waals surface area contributed by atoms with E-state index in [4.69, 9.17) is 5.11 Å². The van der Waals surface area contributed by atoms with Gasteiger partial charge in [0.15, 0.2) is 0 Å². The third-order valence-corrected chi connectivity index (χ3v) is 0.803. The van der Waals surface area contributed by atoms with E-state index in [0.29, 0.717) is 0 Å². The maximum atomic E-state index is 9.41. The van der Waals surface area contributed by atoms with Crippen molar-refractivity contribution in [3.05, 3.63) is 0 Å². The minimum atomic E-state index is -1.15. The van der Waals surface area contributed by atoms with Gasteiger partial charge in [-0.05, 0) is 6.55 Å². The Kier molecular flexibility index (Phi) is 2.48. The molecule has 0 aliphatic rings. The maximum absolute atomic E-state index is 9.41. The zero-order chi connectivity index (χ0) is 4.99. The second-order valence-electron chi connectivity index (χ2n) is 0.699. The van der Waals surface area contributed by atoms with Gasteiger partial charge in [0.1, 0.15) is 0 Å². The van der Waals surface area contributed by atoms with Gasteiger partial charge in [-0.15, -0.1) is 0 Å². The first-order valence-electron chi connectivity index (χ1n) is 1.63. The molecule has 4 heteroatoms. The minimum Gasteiger partial charge on any atom is -0.495 e. The van der Waals surface area contributed by atoms with Gasteiger partial charge in [-0.3, -0.25) is 0 Å². The Morgan fingerprint density at radius 3 is 2.50 bits per heavy atom. The molecule has 6 heavy (non-hydrogen) atoms. The summed E-state index contributed by atoms with van der Waals surface area (Å²) in [6, 6.07) is 0. The normalized spacial score (nSPS) is 9.50. The van der Waals surface area contributed by atoms with Gasteiger partial charge in [-0.25, -0.2) is 4.79 Å². The van der Waals surface area contributed by atoms with Crippen LogP contribution in [0.2, 0.25) is 6.55 Å². The molecular formula is C2H6O3Si. The molecule has 0 aromatic heterocycles. The molecule has 0 radical (unpaired) electrons. The van der Waals surface area contributed by atoms with E-state index < -0.39 is 15.9 Å². The van der Waals surface area contributed by atoms with Crippen LogP contribution in [0.25, 0.3) is 0 Å². The van der Waals surface area contributed by atoms with Gasteiger partial charge < -0.3 is 9.53 Å². The molecule has 0 saturated heterocycles. The molecule has 0 saturated carbocycles. The first-order chi connectivity index (χ1) is 2.77. The van der Waals surface area contributed by atoms with Crippen LogP contribution in [0.3, 0.4) is 0 Å². The third kappa shape index (κ3) is 3.49. The van der Waals surface area contributed by atoms with Gasteiger partial charge in [-0.1, -0.05) is 0 Å². The Morgan fingerprint density at radius 1 is 2.00 bits per heavy atom. The van der Waals surface area contributed by atoms with E-state index in [9.17, 15) is 4.79 Å². The van der Waals surface area contributed by atoms with E-state index in [2.05, 4.69) is 4.43 Å². The van der Waals surface area contributed by atoms with Crippen LogP contribution < -0.4 is 0 Å². The van der Waals surface area contributed by atoms with Crippen molar-refractivity contribution in [3.63, 3.8) is 0 Å². The summed E-state index contributed by atoms with van der Waals surface area (Å²) in [5, 5.41) is 7.73. The van der Waals surface area contributed by atoms with Crippen molar-refractivity contribution in [3.8, 4) is 0 Å². The van der Waals surface area contributed by atoms with Crippen LogP contribution in [0.15, 0.2) is 0 Å². The Morgan fingerprint density at radius 2 is 2.50 bits per heavy atom. The van der Waals surface area contributed by atoms with Crippen LogP contribution in [-0.4, -0.2) is 21.0 Å². The fourth-order valence-electron chi connectivity index (χ4n) is 0.123. The first-order valence-corrected chi connectivity index (χ1v) is 3.62. The highest BCUT2D eigenvalue weighted by atomic mass is 28.2. The molecular weight excluding hydrogens is 100 g/mol. The highest BCUT2D eigenvalue weighted by Crippen LogP contribution is 1.67. The van der Waals surface area contributed by atoms with Crippen molar-refractivity contribution in [1.82, 2.24) is 0 Å². The molecule has 1 N–H and O–H groups in total. The highest BCUT2D eigenvalue weighted by molar-refractivity contribution is 6.27. The fraction of sp³-hybridized carbons (Fsp3) is 0.500. The smallest absolute Gasteiger partial charge is 0.491 e. The molecule has 0 amide bonds. The zero-order valence-electron chi connectivity index (χ0n) is 3.47. The van der Waals surface area contributed by atoms with Crippen LogP contribution in [0.4, 0.5) is 4.79 Å². The van der Waals surface area contributed by atoms with E-state index in [1.165, 1.54) is 0 Å². The molecule has 3 nitrogen and oxygen atoms in total. The number of hydrogen-bond donors (Lipinski definition) is 1. The number of carbonyl (C=O) groups is 1. The van der Waals surface area contributed by atoms with Gasteiger partial charge >= 0.3 is 6.16 Å². The summed E-state index contributed by atoms with van der Waals surface area (Å²) in [7, 11) is -0.733. The molecule has 0 bridgehead atoms. The molecule has 0 rings (SSSR count). The Balaban J connectivity index is 2.83. The highest BCUT2D eigenvalue weighted by Gasteiger charge is 1.86. The lowest BCUT2D eigenvalue weighted by molar-refractivity contribution is 0.147. The SMILES string of the molecule is C[SiH2]OC(=O)O. The summed E-state index contributed by atoms with van der Waals surface area (Å²) in [5.41, 5.74) is 0. The molecule has 0 spiro atoms. The van der Waals surface area contributed by atoms with Gasteiger partial charge in [0.05, 0.1) is 0 Å². The standard InChI is InChI=1S/C2H6O3Si/c1-6-5-2(3)4/h6H2,1H3,(H,3,4). The van der Waals surface area contributed by atoms with Crippen molar-refractivity contribution >= 4 is 15.9 Å². The Hall–Kier alpha value is -0.513. The topological polar surface area (TPSA) is 46.5 Å². The fourth-order valence-corrected chi connectivity index (χ4v) is 0.370. The zero-order valence-corrected chi connectivity index (χ0v) is 4.89. The summed E-state index contributed by atoms with van der Waals surface area (Å²) in [6.45, 7) is 1.76. The molecule has 0 heterocycles. The van der Waals surface area contributed by atoms with Crippen LogP contribution in [0, 0.1) is 0 Å². The van der Waals surface area contributed by atoms with Gasteiger partial charge in [0, 0.05) is 0 Å². The summed E-state index contributed by atoms with van der Waals surface area (Å²) in [6.07, 6.45) is -1.15. The molecule has 0 atom stereocenters. The predicted molar refractivity (Wildman–Crippen MR) is 23.5 cm³/mol. The molecule has 0 aromatic carbocycles. The summed E-state index contributed by atoms with van der Waals surface area (Å²) >= 11 is 0. The van der Waals surface area contributed by atoms with E-state index in [-0.39, 0.29) is 0 Å². The lowest BCUT2D eigenvalue weighted by Gasteiger charge is -1.87. The average Bonchev–Trinajstić information content (AvgIpc) is 1.35. The Bertz CT molecular complexity index is 52.8. The van der Waals surface area contributed by atoms with E-state index in [1.54, 1.807) is 6.55 Å². The van der Waals surface area contributed by atoms with E-state index in [0.717, 1.165) is 0 Å². The Labute approximate surface area is 37.9 Å². The molecule has 0 unspecified atom stereocenters. The van der Waals surface area contributed by atoms with Crippen molar-refractivity contribution in [2.45, 2.75) is 6.55 Å². The maximum Gasteiger partial charge on any atom is 0.491 e. The largest absolute Gasteiger partial charge is 0.495 e. The van der Waals surface area contributed by atoms with Crippen molar-refractivity contribution < 1.29 is 14.3 Å². The van der Waals surface area contributed by atoms with Gasteiger partial charge in [0.25, 0.3) is 0 Å². The second-order valence-corrected chi connectivity index (χ2v) is 1.56.